The van der Waals surface area contributed by atoms with Crippen molar-refractivity contribution in [2.75, 3.05) is 5.32 Å². The van der Waals surface area contributed by atoms with Gasteiger partial charge < -0.3 is 5.32 Å². The summed E-state index contributed by atoms with van der Waals surface area (Å²) < 4.78 is 1.92. The van der Waals surface area contributed by atoms with Gasteiger partial charge in [-0.1, -0.05) is 29.8 Å². The van der Waals surface area contributed by atoms with Crippen LogP contribution >= 0.6 is 11.6 Å². The topological polar surface area (TPSA) is 55.6 Å². The van der Waals surface area contributed by atoms with Crippen LogP contribution in [0.15, 0.2) is 30.6 Å². The second kappa shape index (κ2) is 5.69. The molecule has 0 saturated carbocycles. The minimum absolute atomic E-state index is 0.611. The summed E-state index contributed by atoms with van der Waals surface area (Å²) in [5.41, 5.74) is 3.76. The van der Waals surface area contributed by atoms with Crippen molar-refractivity contribution in [1.82, 2.24) is 19.7 Å². The molecule has 0 radical (unpaired) electrons. The molecule has 0 saturated heterocycles. The summed E-state index contributed by atoms with van der Waals surface area (Å²) in [6, 6.07) is 7.77. The van der Waals surface area contributed by atoms with E-state index < -0.39 is 0 Å². The van der Waals surface area contributed by atoms with Gasteiger partial charge in [0.2, 0.25) is 0 Å². The third-order valence-electron chi connectivity index (χ3n) is 3.40. The van der Waals surface area contributed by atoms with Gasteiger partial charge in [0.25, 0.3) is 0 Å². The van der Waals surface area contributed by atoms with Crippen molar-refractivity contribution in [3.8, 4) is 0 Å². The standard InChI is InChI=1S/C15H16ClN5/c1-3-21-14-13(10(2)20-21)18-9-19-15(14)17-8-11-6-4-5-7-12(11)16/h4-7,9H,3,8H2,1-2H3,(H,17,18,19). The van der Waals surface area contributed by atoms with Crippen molar-refractivity contribution < 1.29 is 0 Å². The molecule has 108 valence electrons. The van der Waals surface area contributed by atoms with Crippen LogP contribution in [0, 0.1) is 6.92 Å². The fourth-order valence-corrected chi connectivity index (χ4v) is 2.55. The average molecular weight is 302 g/mol. The number of hydrogen-bond acceptors (Lipinski definition) is 4. The van der Waals surface area contributed by atoms with Gasteiger partial charge in [0.05, 0.1) is 5.69 Å². The zero-order chi connectivity index (χ0) is 14.8. The van der Waals surface area contributed by atoms with Gasteiger partial charge in [0.15, 0.2) is 5.82 Å². The zero-order valence-corrected chi connectivity index (χ0v) is 12.7. The van der Waals surface area contributed by atoms with Crippen LogP contribution in [0.25, 0.3) is 11.0 Å². The van der Waals surface area contributed by atoms with Gasteiger partial charge in [-0.2, -0.15) is 5.10 Å². The van der Waals surface area contributed by atoms with Crippen LogP contribution in [0.3, 0.4) is 0 Å². The van der Waals surface area contributed by atoms with Crippen molar-refractivity contribution in [3.63, 3.8) is 0 Å². The van der Waals surface area contributed by atoms with Crippen LogP contribution in [0.1, 0.15) is 18.2 Å². The zero-order valence-electron chi connectivity index (χ0n) is 12.0. The first kappa shape index (κ1) is 13.8. The number of benzene rings is 1. The smallest absolute Gasteiger partial charge is 0.155 e. The lowest BCUT2D eigenvalue weighted by molar-refractivity contribution is 0.675. The monoisotopic (exact) mass is 301 g/mol. The Morgan fingerprint density at radius 1 is 1.24 bits per heavy atom. The normalized spacial score (nSPS) is 11.0. The molecule has 21 heavy (non-hydrogen) atoms. The van der Waals surface area contributed by atoms with E-state index in [2.05, 4.69) is 27.3 Å². The highest BCUT2D eigenvalue weighted by Gasteiger charge is 2.13. The highest BCUT2D eigenvalue weighted by Crippen LogP contribution is 2.23. The number of nitrogens with zero attached hydrogens (tertiary/aromatic N) is 4. The number of halogens is 1. The lowest BCUT2D eigenvalue weighted by atomic mass is 10.2. The number of anilines is 1. The predicted octanol–water partition coefficient (Wildman–Crippen LogP) is 3.42. The molecule has 0 aliphatic heterocycles. The van der Waals surface area contributed by atoms with Crippen LogP contribution in [-0.4, -0.2) is 19.7 Å². The predicted molar refractivity (Wildman–Crippen MR) is 84.5 cm³/mol. The molecule has 0 atom stereocenters. The fraction of sp³-hybridized carbons (Fsp3) is 0.267. The summed E-state index contributed by atoms with van der Waals surface area (Å²) in [5, 5.41) is 8.57. The quantitative estimate of drug-likeness (QED) is 0.802. The summed E-state index contributed by atoms with van der Waals surface area (Å²) in [6.45, 7) is 5.40. The van der Waals surface area contributed by atoms with Crippen molar-refractivity contribution in [2.45, 2.75) is 26.9 Å². The molecule has 1 aromatic carbocycles. The highest BCUT2D eigenvalue weighted by atomic mass is 35.5. The molecule has 2 heterocycles. The number of aryl methyl sites for hydroxylation is 2. The van der Waals surface area contributed by atoms with Gasteiger partial charge in [-0.25, -0.2) is 9.97 Å². The van der Waals surface area contributed by atoms with Gasteiger partial charge in [0, 0.05) is 18.1 Å². The lowest BCUT2D eigenvalue weighted by Crippen LogP contribution is -2.06. The third kappa shape index (κ3) is 2.56. The first-order valence-electron chi connectivity index (χ1n) is 6.86. The molecule has 0 aliphatic carbocycles. The molecule has 3 rings (SSSR count). The Kier molecular flexibility index (Phi) is 3.75. The fourth-order valence-electron chi connectivity index (χ4n) is 2.35. The molecule has 6 heteroatoms. The Labute approximate surface area is 128 Å². The van der Waals surface area contributed by atoms with Crippen LogP contribution in [0.5, 0.6) is 0 Å². The second-order valence-electron chi connectivity index (χ2n) is 4.77. The molecular formula is C15H16ClN5. The number of fused-ring (bicyclic) bond motifs is 1. The summed E-state index contributed by atoms with van der Waals surface area (Å²) in [7, 11) is 0. The third-order valence-corrected chi connectivity index (χ3v) is 3.77. The molecule has 0 bridgehead atoms. The van der Waals surface area contributed by atoms with Crippen LogP contribution in [0.4, 0.5) is 5.82 Å². The van der Waals surface area contributed by atoms with Gasteiger partial charge in [-0.3, -0.25) is 4.68 Å². The average Bonchev–Trinajstić information content (AvgIpc) is 2.84. The molecule has 1 N–H and O–H groups in total. The maximum atomic E-state index is 6.18. The van der Waals surface area contributed by atoms with Crippen molar-refractivity contribution in [1.29, 1.82) is 0 Å². The minimum Gasteiger partial charge on any atom is -0.364 e. The van der Waals surface area contributed by atoms with E-state index in [1.54, 1.807) is 6.33 Å². The lowest BCUT2D eigenvalue weighted by Gasteiger charge is -2.09. The summed E-state index contributed by atoms with van der Waals surface area (Å²) >= 11 is 6.18. The summed E-state index contributed by atoms with van der Waals surface area (Å²) in [4.78, 5) is 8.67. The number of rotatable bonds is 4. The van der Waals surface area contributed by atoms with E-state index in [0.717, 1.165) is 39.7 Å². The van der Waals surface area contributed by atoms with Crippen LogP contribution < -0.4 is 5.32 Å². The minimum atomic E-state index is 0.611. The van der Waals surface area contributed by atoms with E-state index in [1.165, 1.54) is 0 Å². The first-order chi connectivity index (χ1) is 10.2. The van der Waals surface area contributed by atoms with Crippen molar-refractivity contribution in [3.05, 3.63) is 46.9 Å². The second-order valence-corrected chi connectivity index (χ2v) is 5.17. The van der Waals surface area contributed by atoms with Gasteiger partial charge in [0.1, 0.15) is 17.4 Å². The van der Waals surface area contributed by atoms with E-state index in [9.17, 15) is 0 Å². The number of nitrogens with one attached hydrogen (secondary N) is 1. The van der Waals surface area contributed by atoms with Crippen LogP contribution in [-0.2, 0) is 13.1 Å². The van der Waals surface area contributed by atoms with Gasteiger partial charge in [-0.05, 0) is 25.5 Å². The van der Waals surface area contributed by atoms with E-state index in [0.29, 0.717) is 6.54 Å². The van der Waals surface area contributed by atoms with Gasteiger partial charge in [-0.15, -0.1) is 0 Å². The highest BCUT2D eigenvalue weighted by molar-refractivity contribution is 6.31. The van der Waals surface area contributed by atoms with Crippen molar-refractivity contribution in [2.24, 2.45) is 0 Å². The Hall–Kier alpha value is -2.14. The van der Waals surface area contributed by atoms with Crippen LogP contribution in [0.2, 0.25) is 5.02 Å². The van der Waals surface area contributed by atoms with E-state index in [1.807, 2.05) is 35.9 Å². The Morgan fingerprint density at radius 3 is 2.81 bits per heavy atom. The summed E-state index contributed by atoms with van der Waals surface area (Å²) in [6.07, 6.45) is 1.56. The maximum Gasteiger partial charge on any atom is 0.155 e. The Balaban J connectivity index is 1.96. The molecule has 2 aromatic heterocycles. The molecule has 0 unspecified atom stereocenters. The molecule has 0 fully saturated rings. The van der Waals surface area contributed by atoms with Gasteiger partial charge >= 0.3 is 0 Å². The molecule has 0 spiro atoms. The number of hydrogen-bond donors (Lipinski definition) is 1. The molecule has 0 amide bonds. The van der Waals surface area contributed by atoms with Crippen molar-refractivity contribution >= 4 is 28.5 Å². The Bertz CT molecular complexity index is 781. The van der Waals surface area contributed by atoms with E-state index in [-0.39, 0.29) is 0 Å². The summed E-state index contributed by atoms with van der Waals surface area (Å²) in [5.74, 6) is 0.780. The molecular weight excluding hydrogens is 286 g/mol. The maximum absolute atomic E-state index is 6.18. The molecule has 0 aliphatic rings. The molecule has 3 aromatic rings. The molecule has 5 nitrogen and oxygen atoms in total. The first-order valence-corrected chi connectivity index (χ1v) is 7.24. The van der Waals surface area contributed by atoms with E-state index >= 15 is 0 Å². The largest absolute Gasteiger partial charge is 0.364 e. The Morgan fingerprint density at radius 2 is 2.05 bits per heavy atom. The van der Waals surface area contributed by atoms with E-state index in [4.69, 9.17) is 11.6 Å². The SMILES string of the molecule is CCn1nc(C)c2ncnc(NCc3ccccc3Cl)c21. The number of aromatic nitrogens is 4.